The smallest absolute Gasteiger partial charge is 0.0692 e. The molecule has 2 fully saturated rings. The molecule has 0 heterocycles. The fraction of sp³-hybridized carbons (Fsp3) is 1.00. The van der Waals surface area contributed by atoms with E-state index in [0.717, 1.165) is 22.4 Å². The molecule has 2 saturated carbocycles. The Bertz CT molecular complexity index is 191. The minimum atomic E-state index is 0.557. The zero-order valence-corrected chi connectivity index (χ0v) is 11.9. The summed E-state index contributed by atoms with van der Waals surface area (Å²) in [4.78, 5) is 0. The van der Waals surface area contributed by atoms with E-state index in [1.165, 1.54) is 44.9 Å². The number of ether oxygens (including phenoxy) is 1. The molecule has 88 valence electrons. The van der Waals surface area contributed by atoms with E-state index in [4.69, 9.17) is 4.74 Å². The summed E-state index contributed by atoms with van der Waals surface area (Å²) in [6.45, 7) is 3.38. The second-order valence-corrected chi connectivity index (χ2v) is 6.94. The van der Waals surface area contributed by atoms with Crippen molar-refractivity contribution < 1.29 is 4.74 Å². The van der Waals surface area contributed by atoms with Crippen molar-refractivity contribution >= 4 is 22.6 Å². The summed E-state index contributed by atoms with van der Waals surface area (Å²) < 4.78 is 6.87. The van der Waals surface area contributed by atoms with Crippen LogP contribution in [0.5, 0.6) is 0 Å². The highest BCUT2D eigenvalue weighted by Crippen LogP contribution is 2.34. The summed E-state index contributed by atoms with van der Waals surface area (Å²) in [5.41, 5.74) is 0. The van der Waals surface area contributed by atoms with Crippen molar-refractivity contribution in [1.29, 1.82) is 0 Å². The van der Waals surface area contributed by atoms with Gasteiger partial charge in [0, 0.05) is 10.5 Å². The van der Waals surface area contributed by atoms with Crippen molar-refractivity contribution in [1.82, 2.24) is 0 Å². The molecular weight excluding hydrogens is 299 g/mol. The normalized spacial score (nSPS) is 34.8. The third-order valence-electron chi connectivity index (χ3n) is 4.15. The highest BCUT2D eigenvalue weighted by molar-refractivity contribution is 14.1. The predicted molar refractivity (Wildman–Crippen MR) is 72.5 cm³/mol. The Morgan fingerprint density at radius 2 is 1.87 bits per heavy atom. The highest BCUT2D eigenvalue weighted by Gasteiger charge is 2.27. The van der Waals surface area contributed by atoms with Gasteiger partial charge in [0.05, 0.1) is 6.10 Å². The molecule has 0 aromatic rings. The number of rotatable bonds is 4. The first-order chi connectivity index (χ1) is 7.27. The topological polar surface area (TPSA) is 9.23 Å². The Kier molecular flexibility index (Phi) is 4.74. The molecule has 2 aliphatic rings. The molecule has 0 aromatic heterocycles. The minimum Gasteiger partial charge on any atom is -0.377 e. The maximum atomic E-state index is 6.11. The Balaban J connectivity index is 1.67. The van der Waals surface area contributed by atoms with Gasteiger partial charge in [-0.2, -0.15) is 0 Å². The number of hydrogen-bond acceptors (Lipinski definition) is 1. The van der Waals surface area contributed by atoms with E-state index in [-0.39, 0.29) is 0 Å². The van der Waals surface area contributed by atoms with E-state index < -0.39 is 0 Å². The van der Waals surface area contributed by atoms with E-state index in [0.29, 0.717) is 6.10 Å². The molecule has 0 spiro atoms. The molecule has 0 bridgehead atoms. The number of alkyl halides is 1. The number of halogens is 1. The Hall–Kier alpha value is 0.690. The van der Waals surface area contributed by atoms with Gasteiger partial charge in [0.2, 0.25) is 0 Å². The summed E-state index contributed by atoms with van der Waals surface area (Å²) in [6.07, 6.45) is 10.3. The van der Waals surface area contributed by atoms with Crippen molar-refractivity contribution in [3.63, 3.8) is 0 Å². The van der Waals surface area contributed by atoms with Crippen LogP contribution >= 0.6 is 22.6 Å². The lowest BCUT2D eigenvalue weighted by Crippen LogP contribution is -2.31. The predicted octanol–water partition coefficient (Wildman–Crippen LogP) is 4.19. The fourth-order valence-electron chi connectivity index (χ4n) is 2.66. The molecule has 2 rings (SSSR count). The summed E-state index contributed by atoms with van der Waals surface area (Å²) in [5.74, 6) is 1.77. The summed E-state index contributed by atoms with van der Waals surface area (Å²) in [6, 6.07) is 0. The van der Waals surface area contributed by atoms with Crippen LogP contribution in [-0.4, -0.2) is 16.6 Å². The van der Waals surface area contributed by atoms with Gasteiger partial charge < -0.3 is 4.74 Å². The van der Waals surface area contributed by atoms with Crippen molar-refractivity contribution in [2.75, 3.05) is 6.61 Å². The van der Waals surface area contributed by atoms with Crippen molar-refractivity contribution in [3.8, 4) is 0 Å². The molecule has 0 radical (unpaired) electrons. The molecule has 0 amide bonds. The first-order valence-corrected chi connectivity index (χ1v) is 7.77. The van der Waals surface area contributed by atoms with Crippen molar-refractivity contribution in [2.24, 2.45) is 11.8 Å². The lowest BCUT2D eigenvalue weighted by Gasteiger charge is -2.34. The summed E-state index contributed by atoms with van der Waals surface area (Å²) in [7, 11) is 0. The number of hydrogen-bond donors (Lipinski definition) is 0. The van der Waals surface area contributed by atoms with E-state index >= 15 is 0 Å². The van der Waals surface area contributed by atoms with Gasteiger partial charge in [-0.25, -0.2) is 0 Å². The van der Waals surface area contributed by atoms with Gasteiger partial charge in [0.15, 0.2) is 0 Å². The van der Waals surface area contributed by atoms with Crippen LogP contribution < -0.4 is 0 Å². The Morgan fingerprint density at radius 3 is 2.47 bits per heavy atom. The molecule has 2 aliphatic carbocycles. The second kappa shape index (κ2) is 5.85. The largest absolute Gasteiger partial charge is 0.377 e. The maximum absolute atomic E-state index is 6.11. The zero-order valence-electron chi connectivity index (χ0n) is 9.75. The minimum absolute atomic E-state index is 0.557. The second-order valence-electron chi connectivity index (χ2n) is 5.34. The average Bonchev–Trinajstić information content (AvgIpc) is 2.14. The van der Waals surface area contributed by atoms with Gasteiger partial charge in [-0.3, -0.25) is 0 Å². The molecule has 3 atom stereocenters. The fourth-order valence-corrected chi connectivity index (χ4v) is 3.67. The lowest BCUT2D eigenvalue weighted by atomic mass is 9.77. The van der Waals surface area contributed by atoms with Crippen LogP contribution in [0.3, 0.4) is 0 Å². The molecule has 1 nitrogen and oxygen atoms in total. The third-order valence-corrected chi connectivity index (χ3v) is 5.57. The van der Waals surface area contributed by atoms with Gasteiger partial charge in [-0.05, 0) is 24.7 Å². The molecule has 0 aliphatic heterocycles. The van der Waals surface area contributed by atoms with Crippen LogP contribution in [-0.2, 0) is 4.74 Å². The molecular formula is C13H23IO. The van der Waals surface area contributed by atoms with Gasteiger partial charge in [-0.15, -0.1) is 0 Å². The van der Waals surface area contributed by atoms with Gasteiger partial charge in [0.1, 0.15) is 0 Å². The van der Waals surface area contributed by atoms with Crippen LogP contribution in [0, 0.1) is 11.8 Å². The van der Waals surface area contributed by atoms with Crippen LogP contribution in [0.4, 0.5) is 0 Å². The zero-order chi connectivity index (χ0) is 10.7. The van der Waals surface area contributed by atoms with E-state index in [9.17, 15) is 0 Å². The van der Waals surface area contributed by atoms with Gasteiger partial charge in [0.25, 0.3) is 0 Å². The van der Waals surface area contributed by atoms with Crippen LogP contribution in [0.25, 0.3) is 0 Å². The molecule has 0 saturated heterocycles. The van der Waals surface area contributed by atoms with Crippen LogP contribution in [0.1, 0.15) is 51.9 Å². The summed E-state index contributed by atoms with van der Waals surface area (Å²) in [5, 5.41) is 0. The van der Waals surface area contributed by atoms with Crippen molar-refractivity contribution in [2.45, 2.75) is 61.9 Å². The standard InChI is InChI=1S/C13H23IO/c1-10(11-5-4-6-11)9-15-13-8-3-2-7-12(13)14/h10-13H,2-9H2,1H3. The van der Waals surface area contributed by atoms with E-state index in [1.807, 2.05) is 0 Å². The molecule has 0 aromatic carbocycles. The molecule has 15 heavy (non-hydrogen) atoms. The monoisotopic (exact) mass is 322 g/mol. The molecule has 2 heteroatoms. The average molecular weight is 322 g/mol. The van der Waals surface area contributed by atoms with Crippen molar-refractivity contribution in [3.05, 3.63) is 0 Å². The maximum Gasteiger partial charge on any atom is 0.0692 e. The molecule has 0 N–H and O–H groups in total. The van der Waals surface area contributed by atoms with E-state index in [2.05, 4.69) is 29.5 Å². The Morgan fingerprint density at radius 1 is 1.13 bits per heavy atom. The first kappa shape index (κ1) is 12.2. The van der Waals surface area contributed by atoms with Crippen LogP contribution in [0.2, 0.25) is 0 Å². The highest BCUT2D eigenvalue weighted by atomic mass is 127. The Labute approximate surface area is 107 Å². The SMILES string of the molecule is CC(COC1CCCCC1I)C1CCC1. The third kappa shape index (κ3) is 3.32. The van der Waals surface area contributed by atoms with E-state index in [1.54, 1.807) is 0 Å². The molecule has 3 unspecified atom stereocenters. The van der Waals surface area contributed by atoms with Crippen LogP contribution in [0.15, 0.2) is 0 Å². The van der Waals surface area contributed by atoms with Gasteiger partial charge in [-0.1, -0.05) is 61.6 Å². The summed E-state index contributed by atoms with van der Waals surface area (Å²) >= 11 is 2.58. The van der Waals surface area contributed by atoms with Gasteiger partial charge >= 0.3 is 0 Å². The quantitative estimate of drug-likeness (QED) is 0.557. The lowest BCUT2D eigenvalue weighted by molar-refractivity contribution is -0.00253. The first-order valence-electron chi connectivity index (χ1n) is 6.53.